The van der Waals surface area contributed by atoms with Crippen LogP contribution in [0.3, 0.4) is 0 Å². The number of nitrogens with two attached hydrogens (primary N) is 1. The third kappa shape index (κ3) is 5.14. The Hall–Kier alpha value is -2.82. The Bertz CT molecular complexity index is 678. The minimum atomic E-state index is -0.655. The summed E-state index contributed by atoms with van der Waals surface area (Å²) in [6, 6.07) is 14.0. The molecule has 5 nitrogen and oxygen atoms in total. The number of anilines is 1. The molecule has 0 aliphatic heterocycles. The van der Waals surface area contributed by atoms with Crippen molar-refractivity contribution in [2.45, 2.75) is 26.3 Å². The second-order valence-electron chi connectivity index (χ2n) is 5.60. The highest BCUT2D eigenvalue weighted by Crippen LogP contribution is 2.19. The maximum atomic E-state index is 12.3. The SMILES string of the molecule is Cc1cc(C)cc(NC(=O)CC(NC(N)=O)c2ccccc2)c1. The molecule has 0 heterocycles. The largest absolute Gasteiger partial charge is 0.352 e. The number of benzene rings is 2. The molecule has 0 fully saturated rings. The standard InChI is InChI=1S/C18H21N3O2/c1-12-8-13(2)10-15(9-12)20-17(22)11-16(21-18(19)23)14-6-4-3-5-7-14/h3-10,16H,11H2,1-2H3,(H,20,22)(H3,19,21,23). The van der Waals surface area contributed by atoms with Gasteiger partial charge in [-0.05, 0) is 42.7 Å². The molecule has 5 heteroatoms. The zero-order valence-corrected chi connectivity index (χ0v) is 13.3. The van der Waals surface area contributed by atoms with Gasteiger partial charge in [0.1, 0.15) is 0 Å². The van der Waals surface area contributed by atoms with Gasteiger partial charge in [0.25, 0.3) is 0 Å². The Balaban J connectivity index is 2.09. The molecule has 0 aromatic heterocycles. The average Bonchev–Trinajstić information content (AvgIpc) is 2.45. The molecule has 1 atom stereocenters. The van der Waals surface area contributed by atoms with Gasteiger partial charge in [0.2, 0.25) is 5.91 Å². The molecule has 0 saturated heterocycles. The zero-order valence-electron chi connectivity index (χ0n) is 13.3. The first kappa shape index (κ1) is 16.5. The molecule has 2 rings (SSSR count). The van der Waals surface area contributed by atoms with E-state index in [9.17, 15) is 9.59 Å². The van der Waals surface area contributed by atoms with Crippen molar-refractivity contribution in [1.82, 2.24) is 5.32 Å². The first-order chi connectivity index (χ1) is 10.9. The van der Waals surface area contributed by atoms with Crippen LogP contribution in [-0.2, 0) is 4.79 Å². The van der Waals surface area contributed by atoms with Gasteiger partial charge in [-0.1, -0.05) is 36.4 Å². The normalized spacial score (nSPS) is 11.6. The van der Waals surface area contributed by atoms with Gasteiger partial charge in [0.05, 0.1) is 12.5 Å². The van der Waals surface area contributed by atoms with Crippen LogP contribution in [0.4, 0.5) is 10.5 Å². The molecule has 120 valence electrons. The Morgan fingerprint density at radius 3 is 2.22 bits per heavy atom. The van der Waals surface area contributed by atoms with Gasteiger partial charge in [-0.3, -0.25) is 4.79 Å². The molecule has 2 aromatic carbocycles. The van der Waals surface area contributed by atoms with E-state index in [-0.39, 0.29) is 12.3 Å². The number of carbonyl (C=O) groups excluding carboxylic acids is 2. The van der Waals surface area contributed by atoms with E-state index in [1.54, 1.807) is 0 Å². The van der Waals surface area contributed by atoms with Crippen molar-refractivity contribution in [2.24, 2.45) is 5.73 Å². The molecule has 0 aliphatic rings. The number of aryl methyl sites for hydroxylation is 2. The van der Waals surface area contributed by atoms with Gasteiger partial charge in [-0.2, -0.15) is 0 Å². The lowest BCUT2D eigenvalue weighted by Gasteiger charge is -2.18. The Morgan fingerprint density at radius 1 is 1.04 bits per heavy atom. The Kier molecular flexibility index (Phi) is 5.36. The van der Waals surface area contributed by atoms with Crippen molar-refractivity contribution in [3.05, 3.63) is 65.2 Å². The predicted octanol–water partition coefficient (Wildman–Crippen LogP) is 3.04. The van der Waals surface area contributed by atoms with Crippen molar-refractivity contribution in [1.29, 1.82) is 0 Å². The van der Waals surface area contributed by atoms with Crippen LogP contribution >= 0.6 is 0 Å². The van der Waals surface area contributed by atoms with Gasteiger partial charge < -0.3 is 16.4 Å². The van der Waals surface area contributed by atoms with E-state index in [0.717, 1.165) is 22.4 Å². The second-order valence-corrected chi connectivity index (χ2v) is 5.60. The van der Waals surface area contributed by atoms with Crippen LogP contribution in [0.15, 0.2) is 48.5 Å². The number of carbonyl (C=O) groups is 2. The highest BCUT2D eigenvalue weighted by molar-refractivity contribution is 5.91. The van der Waals surface area contributed by atoms with Crippen LogP contribution in [0.25, 0.3) is 0 Å². The molecule has 0 aliphatic carbocycles. The van der Waals surface area contributed by atoms with E-state index in [0.29, 0.717) is 0 Å². The average molecular weight is 311 g/mol. The summed E-state index contributed by atoms with van der Waals surface area (Å²) in [6.07, 6.45) is 0.111. The van der Waals surface area contributed by atoms with E-state index < -0.39 is 12.1 Å². The monoisotopic (exact) mass is 311 g/mol. The summed E-state index contributed by atoms with van der Waals surface area (Å²) in [5, 5.41) is 5.48. The minimum Gasteiger partial charge on any atom is -0.352 e. The van der Waals surface area contributed by atoms with E-state index in [1.165, 1.54) is 0 Å². The molecule has 1 unspecified atom stereocenters. The van der Waals surface area contributed by atoms with E-state index in [1.807, 2.05) is 62.4 Å². The number of rotatable bonds is 5. The molecule has 23 heavy (non-hydrogen) atoms. The van der Waals surface area contributed by atoms with Crippen LogP contribution in [0.2, 0.25) is 0 Å². The number of nitrogens with one attached hydrogen (secondary N) is 2. The first-order valence-electron chi connectivity index (χ1n) is 7.43. The fourth-order valence-corrected chi connectivity index (χ4v) is 2.55. The fraction of sp³-hybridized carbons (Fsp3) is 0.222. The maximum Gasteiger partial charge on any atom is 0.312 e. The summed E-state index contributed by atoms with van der Waals surface area (Å²) in [5.41, 5.74) is 8.96. The minimum absolute atomic E-state index is 0.111. The number of hydrogen-bond donors (Lipinski definition) is 3. The van der Waals surface area contributed by atoms with Crippen molar-refractivity contribution in [2.75, 3.05) is 5.32 Å². The molecule has 0 saturated carbocycles. The van der Waals surface area contributed by atoms with Crippen molar-refractivity contribution in [3.63, 3.8) is 0 Å². The molecule has 0 radical (unpaired) electrons. The number of urea groups is 1. The Morgan fingerprint density at radius 2 is 1.65 bits per heavy atom. The summed E-state index contributed by atoms with van der Waals surface area (Å²) < 4.78 is 0. The maximum absolute atomic E-state index is 12.3. The van der Waals surface area contributed by atoms with Crippen molar-refractivity contribution < 1.29 is 9.59 Å². The van der Waals surface area contributed by atoms with Crippen LogP contribution in [0.5, 0.6) is 0 Å². The molecular formula is C18H21N3O2. The molecule has 4 N–H and O–H groups in total. The molecule has 3 amide bonds. The Labute approximate surface area is 135 Å². The summed E-state index contributed by atoms with van der Waals surface area (Å²) in [6.45, 7) is 3.95. The number of amides is 3. The summed E-state index contributed by atoms with van der Waals surface area (Å²) in [7, 11) is 0. The van der Waals surface area contributed by atoms with Gasteiger partial charge in [0, 0.05) is 5.69 Å². The van der Waals surface area contributed by atoms with Crippen molar-refractivity contribution >= 4 is 17.6 Å². The van der Waals surface area contributed by atoms with Gasteiger partial charge >= 0.3 is 6.03 Å². The van der Waals surface area contributed by atoms with E-state index in [2.05, 4.69) is 10.6 Å². The van der Waals surface area contributed by atoms with Crippen LogP contribution < -0.4 is 16.4 Å². The predicted molar refractivity (Wildman–Crippen MR) is 91.1 cm³/mol. The van der Waals surface area contributed by atoms with Gasteiger partial charge in [-0.25, -0.2) is 4.79 Å². The third-order valence-corrected chi connectivity index (χ3v) is 3.41. The summed E-state index contributed by atoms with van der Waals surface area (Å²) in [5.74, 6) is -0.183. The highest BCUT2D eigenvalue weighted by atomic mass is 16.2. The van der Waals surface area contributed by atoms with E-state index in [4.69, 9.17) is 5.73 Å². The molecule has 2 aromatic rings. The van der Waals surface area contributed by atoms with Crippen LogP contribution in [0, 0.1) is 13.8 Å². The number of hydrogen-bond acceptors (Lipinski definition) is 2. The lowest BCUT2D eigenvalue weighted by Crippen LogP contribution is -2.35. The highest BCUT2D eigenvalue weighted by Gasteiger charge is 2.17. The lowest BCUT2D eigenvalue weighted by molar-refractivity contribution is -0.116. The first-order valence-corrected chi connectivity index (χ1v) is 7.43. The van der Waals surface area contributed by atoms with E-state index >= 15 is 0 Å². The topological polar surface area (TPSA) is 84.2 Å². The second kappa shape index (κ2) is 7.45. The number of primary amides is 1. The zero-order chi connectivity index (χ0) is 16.8. The van der Waals surface area contributed by atoms with Gasteiger partial charge in [0.15, 0.2) is 0 Å². The summed E-state index contributed by atoms with van der Waals surface area (Å²) in [4.78, 5) is 23.5. The molecule has 0 spiro atoms. The smallest absolute Gasteiger partial charge is 0.312 e. The van der Waals surface area contributed by atoms with Crippen LogP contribution in [-0.4, -0.2) is 11.9 Å². The summed E-state index contributed by atoms with van der Waals surface area (Å²) >= 11 is 0. The van der Waals surface area contributed by atoms with Crippen molar-refractivity contribution in [3.8, 4) is 0 Å². The molecular weight excluding hydrogens is 290 g/mol. The quantitative estimate of drug-likeness (QED) is 0.793. The molecule has 0 bridgehead atoms. The van der Waals surface area contributed by atoms with Crippen LogP contribution in [0.1, 0.15) is 29.2 Å². The lowest BCUT2D eigenvalue weighted by atomic mass is 10.0. The third-order valence-electron chi connectivity index (χ3n) is 3.41. The fourth-order valence-electron chi connectivity index (χ4n) is 2.55. The van der Waals surface area contributed by atoms with Gasteiger partial charge in [-0.15, -0.1) is 0 Å².